The molecule has 0 rings (SSSR count). The number of rotatable bonds is 60. The van der Waals surface area contributed by atoms with E-state index in [1.165, 1.54) is 257 Å². The first-order chi connectivity index (χ1) is 35.5. The van der Waals surface area contributed by atoms with Crippen LogP contribution in [0.5, 0.6) is 0 Å². The van der Waals surface area contributed by atoms with E-state index in [9.17, 15) is 14.4 Å². The normalized spacial score (nSPS) is 12.1. The Bertz CT molecular complexity index is 1160. The number of esters is 3. The van der Waals surface area contributed by atoms with Crippen molar-refractivity contribution in [2.45, 2.75) is 367 Å². The SMILES string of the molecule is CCCCCCC/C=C\C/C=C\CCCCCCCCCCCC(=O)OCC(COC(=O)CCCCCCCCCCCCCCCCCC)OC(=O)CCCCCCCCCCCCCCCCCCC. The molecule has 0 N–H and O–H groups in total. The quantitative estimate of drug-likeness (QED) is 0.0261. The van der Waals surface area contributed by atoms with E-state index < -0.39 is 6.10 Å². The largest absolute Gasteiger partial charge is 0.462 e. The van der Waals surface area contributed by atoms with Crippen molar-refractivity contribution in [3.8, 4) is 0 Å². The third-order valence-corrected chi connectivity index (χ3v) is 14.7. The van der Waals surface area contributed by atoms with Gasteiger partial charge in [-0.3, -0.25) is 14.4 Å². The van der Waals surface area contributed by atoms with E-state index >= 15 is 0 Å². The number of hydrogen-bond acceptors (Lipinski definition) is 6. The summed E-state index contributed by atoms with van der Waals surface area (Å²) in [6.07, 6.45) is 73.2. The van der Waals surface area contributed by atoms with Crippen LogP contribution in [-0.4, -0.2) is 37.2 Å². The standard InChI is InChI=1S/C66H124O6/c1-4-7-10-13-16-19-22-25-28-31-32-33-34-36-38-41-44-47-50-53-56-59-65(68)71-62-63(61-70-64(67)58-55-52-49-46-43-40-37-30-27-24-21-18-15-12-9-6-3)72-66(69)60-57-54-51-48-45-42-39-35-29-26-23-20-17-14-11-8-5-2/h22,25,31-32,63H,4-21,23-24,26-30,33-62H2,1-3H3/b25-22-,32-31-. The fourth-order valence-corrected chi connectivity index (χ4v) is 9.83. The van der Waals surface area contributed by atoms with E-state index in [1.807, 2.05) is 0 Å². The summed E-state index contributed by atoms with van der Waals surface area (Å²) in [5.41, 5.74) is 0. The first kappa shape index (κ1) is 69.9. The van der Waals surface area contributed by atoms with E-state index in [0.717, 1.165) is 64.2 Å². The van der Waals surface area contributed by atoms with Gasteiger partial charge in [-0.1, -0.05) is 315 Å². The maximum absolute atomic E-state index is 12.9. The van der Waals surface area contributed by atoms with Gasteiger partial charge < -0.3 is 14.2 Å². The number of carbonyl (C=O) groups excluding carboxylic acids is 3. The van der Waals surface area contributed by atoms with Crippen LogP contribution < -0.4 is 0 Å². The summed E-state index contributed by atoms with van der Waals surface area (Å²) < 4.78 is 17.0. The van der Waals surface area contributed by atoms with Crippen molar-refractivity contribution >= 4 is 17.9 Å². The van der Waals surface area contributed by atoms with Crippen LogP contribution in [0.4, 0.5) is 0 Å². The zero-order valence-electron chi connectivity index (χ0n) is 48.7. The minimum atomic E-state index is -0.769. The molecule has 0 radical (unpaired) electrons. The summed E-state index contributed by atoms with van der Waals surface area (Å²) >= 11 is 0. The van der Waals surface area contributed by atoms with Crippen LogP contribution in [0, 0.1) is 0 Å². The summed E-state index contributed by atoms with van der Waals surface area (Å²) in [6.45, 7) is 6.70. The highest BCUT2D eigenvalue weighted by atomic mass is 16.6. The third-order valence-electron chi connectivity index (χ3n) is 14.7. The molecular formula is C66H124O6. The van der Waals surface area contributed by atoms with Crippen molar-refractivity contribution in [1.29, 1.82) is 0 Å². The predicted octanol–water partition coefficient (Wildman–Crippen LogP) is 21.8. The summed E-state index contributed by atoms with van der Waals surface area (Å²) in [4.78, 5) is 38.3. The average molecular weight is 1010 g/mol. The Kier molecular flexibility index (Phi) is 59.6. The van der Waals surface area contributed by atoms with Crippen molar-refractivity contribution in [3.63, 3.8) is 0 Å². The van der Waals surface area contributed by atoms with Crippen LogP contribution in [0.15, 0.2) is 24.3 Å². The maximum atomic E-state index is 12.9. The number of allylic oxidation sites excluding steroid dienone is 4. The van der Waals surface area contributed by atoms with Crippen LogP contribution in [0.2, 0.25) is 0 Å². The van der Waals surface area contributed by atoms with E-state index in [1.54, 1.807) is 0 Å². The summed E-state index contributed by atoms with van der Waals surface area (Å²) in [7, 11) is 0. The van der Waals surface area contributed by atoms with Gasteiger partial charge in [-0.05, 0) is 51.4 Å². The van der Waals surface area contributed by atoms with Crippen molar-refractivity contribution < 1.29 is 28.6 Å². The highest BCUT2D eigenvalue weighted by molar-refractivity contribution is 5.71. The molecule has 0 saturated carbocycles. The first-order valence-electron chi connectivity index (χ1n) is 32.3. The fourth-order valence-electron chi connectivity index (χ4n) is 9.83. The van der Waals surface area contributed by atoms with E-state index in [4.69, 9.17) is 14.2 Å². The van der Waals surface area contributed by atoms with Gasteiger partial charge in [0.2, 0.25) is 0 Å². The minimum absolute atomic E-state index is 0.0661. The topological polar surface area (TPSA) is 78.9 Å². The lowest BCUT2D eigenvalue weighted by Crippen LogP contribution is -2.30. The Labute approximate surface area is 449 Å². The van der Waals surface area contributed by atoms with Crippen LogP contribution in [0.25, 0.3) is 0 Å². The summed E-state index contributed by atoms with van der Waals surface area (Å²) in [5, 5.41) is 0. The second-order valence-electron chi connectivity index (χ2n) is 22.0. The smallest absolute Gasteiger partial charge is 0.306 e. The maximum Gasteiger partial charge on any atom is 0.306 e. The molecule has 0 heterocycles. The van der Waals surface area contributed by atoms with E-state index in [2.05, 4.69) is 45.1 Å². The van der Waals surface area contributed by atoms with Crippen LogP contribution >= 0.6 is 0 Å². The van der Waals surface area contributed by atoms with Gasteiger partial charge in [0.1, 0.15) is 13.2 Å². The lowest BCUT2D eigenvalue weighted by molar-refractivity contribution is -0.167. The molecule has 0 spiro atoms. The van der Waals surface area contributed by atoms with Gasteiger partial charge in [0, 0.05) is 19.3 Å². The Balaban J connectivity index is 4.31. The first-order valence-corrected chi connectivity index (χ1v) is 32.3. The molecule has 72 heavy (non-hydrogen) atoms. The van der Waals surface area contributed by atoms with Gasteiger partial charge in [0.25, 0.3) is 0 Å². The Hall–Kier alpha value is -2.11. The molecule has 1 unspecified atom stereocenters. The molecule has 424 valence electrons. The molecule has 0 aliphatic heterocycles. The molecule has 0 aromatic rings. The average Bonchev–Trinajstić information content (AvgIpc) is 3.38. The molecule has 0 aliphatic carbocycles. The van der Waals surface area contributed by atoms with Crippen molar-refractivity contribution in [1.82, 2.24) is 0 Å². The lowest BCUT2D eigenvalue weighted by Gasteiger charge is -2.18. The fraction of sp³-hybridized carbons (Fsp3) is 0.894. The number of ether oxygens (including phenoxy) is 3. The molecule has 0 fully saturated rings. The lowest BCUT2D eigenvalue weighted by atomic mass is 10.0. The molecule has 1 atom stereocenters. The molecular weight excluding hydrogens is 889 g/mol. The number of unbranched alkanes of at least 4 members (excludes halogenated alkanes) is 45. The van der Waals surface area contributed by atoms with Crippen molar-refractivity contribution in [2.24, 2.45) is 0 Å². The van der Waals surface area contributed by atoms with E-state index in [0.29, 0.717) is 19.3 Å². The zero-order valence-corrected chi connectivity index (χ0v) is 48.7. The third kappa shape index (κ3) is 58.8. The number of hydrogen-bond donors (Lipinski definition) is 0. The van der Waals surface area contributed by atoms with Gasteiger partial charge in [-0.2, -0.15) is 0 Å². The monoisotopic (exact) mass is 1010 g/mol. The molecule has 6 nitrogen and oxygen atoms in total. The molecule has 0 aliphatic rings. The Morgan fingerprint density at radius 1 is 0.278 bits per heavy atom. The predicted molar refractivity (Wildman–Crippen MR) is 312 cm³/mol. The minimum Gasteiger partial charge on any atom is -0.462 e. The van der Waals surface area contributed by atoms with Crippen molar-refractivity contribution in [2.75, 3.05) is 13.2 Å². The second kappa shape index (κ2) is 61.4. The highest BCUT2D eigenvalue weighted by Crippen LogP contribution is 2.18. The van der Waals surface area contributed by atoms with Gasteiger partial charge in [-0.15, -0.1) is 0 Å². The van der Waals surface area contributed by atoms with Crippen LogP contribution in [0.3, 0.4) is 0 Å². The Morgan fingerprint density at radius 3 is 0.764 bits per heavy atom. The number of carbonyl (C=O) groups is 3. The van der Waals surface area contributed by atoms with Crippen molar-refractivity contribution in [3.05, 3.63) is 24.3 Å². The molecule has 0 aromatic carbocycles. The molecule has 6 heteroatoms. The van der Waals surface area contributed by atoms with Crippen LogP contribution in [-0.2, 0) is 28.6 Å². The Morgan fingerprint density at radius 2 is 0.500 bits per heavy atom. The van der Waals surface area contributed by atoms with Gasteiger partial charge in [0.05, 0.1) is 0 Å². The summed E-state index contributed by atoms with van der Waals surface area (Å²) in [5.74, 6) is -0.841. The van der Waals surface area contributed by atoms with E-state index in [-0.39, 0.29) is 31.1 Å². The van der Waals surface area contributed by atoms with Gasteiger partial charge >= 0.3 is 17.9 Å². The van der Waals surface area contributed by atoms with Gasteiger partial charge in [0.15, 0.2) is 6.10 Å². The zero-order chi connectivity index (χ0) is 52.2. The molecule has 0 bridgehead atoms. The summed E-state index contributed by atoms with van der Waals surface area (Å²) in [6, 6.07) is 0. The van der Waals surface area contributed by atoms with Crippen LogP contribution in [0.1, 0.15) is 361 Å². The molecule has 0 saturated heterocycles. The highest BCUT2D eigenvalue weighted by Gasteiger charge is 2.19. The molecule has 0 amide bonds. The molecule has 0 aromatic heterocycles. The van der Waals surface area contributed by atoms with Gasteiger partial charge in [-0.25, -0.2) is 0 Å². The second-order valence-corrected chi connectivity index (χ2v) is 22.0.